The van der Waals surface area contributed by atoms with Gasteiger partial charge in [0.2, 0.25) is 5.91 Å². The maximum Gasteiger partial charge on any atom is 0.225 e. The summed E-state index contributed by atoms with van der Waals surface area (Å²) in [5.41, 5.74) is 0.982. The van der Waals surface area contributed by atoms with Crippen molar-refractivity contribution in [1.29, 1.82) is 0 Å². The molecule has 26 heavy (non-hydrogen) atoms. The fourth-order valence-corrected chi connectivity index (χ4v) is 3.27. The van der Waals surface area contributed by atoms with Crippen molar-refractivity contribution in [3.05, 3.63) is 17.6 Å². The maximum absolute atomic E-state index is 12.4. The Morgan fingerprint density at radius 1 is 0.962 bits per heavy atom. The van der Waals surface area contributed by atoms with Gasteiger partial charge in [-0.1, -0.05) is 41.5 Å². The van der Waals surface area contributed by atoms with Crippen LogP contribution >= 0.6 is 0 Å². The second kappa shape index (κ2) is 6.82. The first-order chi connectivity index (χ1) is 12.1. The Hall–Kier alpha value is -1.65. The lowest BCUT2D eigenvalue weighted by Crippen LogP contribution is -2.36. The van der Waals surface area contributed by atoms with Gasteiger partial charge in [0.1, 0.15) is 11.6 Å². The molecule has 2 heterocycles. The first-order valence-corrected chi connectivity index (χ1v) is 9.99. The van der Waals surface area contributed by atoms with Crippen molar-refractivity contribution in [2.45, 2.75) is 71.6 Å². The van der Waals surface area contributed by atoms with Gasteiger partial charge in [0, 0.05) is 49.0 Å². The number of aromatic nitrogens is 2. The van der Waals surface area contributed by atoms with Crippen LogP contribution < -0.4 is 4.90 Å². The van der Waals surface area contributed by atoms with E-state index in [9.17, 15) is 4.79 Å². The molecule has 0 aromatic carbocycles. The number of carbonyl (C=O) groups excluding carboxylic acids is 1. The lowest BCUT2D eigenvalue weighted by Gasteiger charge is -2.28. The standard InChI is InChI=1S/C21H34N4O/c1-20(2,3)16-14-17(23-19(22-16)21(4,5)6)24-10-7-11-25(13-12-24)18(26)15-8-9-15/h14-15H,7-13H2,1-6H3. The SMILES string of the molecule is CC(C)(C)c1cc(N2CCCN(C(=O)C3CC3)CC2)nc(C(C)(C)C)n1. The molecular weight excluding hydrogens is 324 g/mol. The van der Waals surface area contributed by atoms with Crippen LogP contribution in [0.4, 0.5) is 5.82 Å². The molecule has 0 bridgehead atoms. The van der Waals surface area contributed by atoms with Crippen molar-refractivity contribution in [2.75, 3.05) is 31.1 Å². The summed E-state index contributed by atoms with van der Waals surface area (Å²) in [7, 11) is 0. The van der Waals surface area contributed by atoms with E-state index in [-0.39, 0.29) is 10.8 Å². The minimum Gasteiger partial charge on any atom is -0.355 e. The molecule has 2 aliphatic rings. The van der Waals surface area contributed by atoms with Crippen molar-refractivity contribution < 1.29 is 4.79 Å². The highest BCUT2D eigenvalue weighted by molar-refractivity contribution is 5.81. The molecule has 0 N–H and O–H groups in total. The molecule has 3 rings (SSSR count). The molecule has 1 saturated carbocycles. The average molecular weight is 359 g/mol. The van der Waals surface area contributed by atoms with E-state index in [1.54, 1.807) is 0 Å². The van der Waals surface area contributed by atoms with Gasteiger partial charge in [-0.2, -0.15) is 0 Å². The van der Waals surface area contributed by atoms with E-state index < -0.39 is 0 Å². The van der Waals surface area contributed by atoms with E-state index in [0.29, 0.717) is 11.8 Å². The van der Waals surface area contributed by atoms with Crippen molar-refractivity contribution in [2.24, 2.45) is 5.92 Å². The van der Waals surface area contributed by atoms with Crippen LogP contribution in [0.1, 0.15) is 72.3 Å². The van der Waals surface area contributed by atoms with Crippen LogP contribution in [0.3, 0.4) is 0 Å². The molecule has 2 fully saturated rings. The van der Waals surface area contributed by atoms with Crippen molar-refractivity contribution in [1.82, 2.24) is 14.9 Å². The Kier molecular flexibility index (Phi) is 5.02. The number of anilines is 1. The minimum atomic E-state index is -0.0875. The fraction of sp³-hybridized carbons (Fsp3) is 0.762. The molecule has 1 aromatic heterocycles. The monoisotopic (exact) mass is 358 g/mol. The fourth-order valence-electron chi connectivity index (χ4n) is 3.27. The van der Waals surface area contributed by atoms with Crippen molar-refractivity contribution in [3.63, 3.8) is 0 Å². The topological polar surface area (TPSA) is 49.3 Å². The Balaban J connectivity index is 1.84. The Labute approximate surface area is 158 Å². The van der Waals surface area contributed by atoms with Crippen LogP contribution in [0.5, 0.6) is 0 Å². The van der Waals surface area contributed by atoms with Gasteiger partial charge in [-0.3, -0.25) is 4.79 Å². The van der Waals surface area contributed by atoms with E-state index in [1.165, 1.54) is 0 Å². The van der Waals surface area contributed by atoms with Crippen LogP contribution in [0.15, 0.2) is 6.07 Å². The Morgan fingerprint density at radius 2 is 1.65 bits per heavy atom. The number of hydrogen-bond acceptors (Lipinski definition) is 4. The van der Waals surface area contributed by atoms with Gasteiger partial charge in [-0.05, 0) is 19.3 Å². The number of amides is 1. The van der Waals surface area contributed by atoms with E-state index in [0.717, 1.165) is 62.8 Å². The molecular formula is C21H34N4O. The largest absolute Gasteiger partial charge is 0.355 e. The highest BCUT2D eigenvalue weighted by Gasteiger charge is 2.34. The molecule has 0 atom stereocenters. The van der Waals surface area contributed by atoms with Crippen molar-refractivity contribution in [3.8, 4) is 0 Å². The number of carbonyl (C=O) groups is 1. The first kappa shape index (κ1) is 19.1. The molecule has 0 spiro atoms. The molecule has 5 nitrogen and oxygen atoms in total. The van der Waals surface area contributed by atoms with Gasteiger partial charge in [0.05, 0.1) is 5.69 Å². The summed E-state index contributed by atoms with van der Waals surface area (Å²) < 4.78 is 0. The summed E-state index contributed by atoms with van der Waals surface area (Å²) in [6.45, 7) is 16.6. The molecule has 0 unspecified atom stereocenters. The summed E-state index contributed by atoms with van der Waals surface area (Å²) in [6.07, 6.45) is 3.15. The molecule has 0 radical (unpaired) electrons. The van der Waals surface area contributed by atoms with Gasteiger partial charge in [-0.25, -0.2) is 9.97 Å². The summed E-state index contributed by atoms with van der Waals surface area (Å²) in [5, 5.41) is 0. The summed E-state index contributed by atoms with van der Waals surface area (Å²) in [4.78, 5) is 26.6. The maximum atomic E-state index is 12.4. The summed E-state index contributed by atoms with van der Waals surface area (Å²) >= 11 is 0. The van der Waals surface area contributed by atoms with Gasteiger partial charge in [0.15, 0.2) is 0 Å². The third-order valence-corrected chi connectivity index (χ3v) is 5.21. The molecule has 1 aliphatic carbocycles. The average Bonchev–Trinajstić information content (AvgIpc) is 3.38. The van der Waals surface area contributed by atoms with Gasteiger partial charge >= 0.3 is 0 Å². The van der Waals surface area contributed by atoms with Gasteiger partial charge in [0.25, 0.3) is 0 Å². The van der Waals surface area contributed by atoms with Crippen LogP contribution in [0, 0.1) is 5.92 Å². The predicted molar refractivity (Wildman–Crippen MR) is 106 cm³/mol. The molecule has 144 valence electrons. The second-order valence-electron chi connectivity index (χ2n) is 9.88. The molecule has 5 heteroatoms. The third kappa shape index (κ3) is 4.36. The first-order valence-electron chi connectivity index (χ1n) is 9.99. The third-order valence-electron chi connectivity index (χ3n) is 5.21. The summed E-state index contributed by atoms with van der Waals surface area (Å²) in [5.74, 6) is 2.58. The van der Waals surface area contributed by atoms with E-state index in [1.807, 2.05) is 0 Å². The summed E-state index contributed by atoms with van der Waals surface area (Å²) in [6, 6.07) is 2.15. The Morgan fingerprint density at radius 3 is 2.23 bits per heavy atom. The highest BCUT2D eigenvalue weighted by atomic mass is 16.2. The van der Waals surface area contributed by atoms with Gasteiger partial charge in [-0.15, -0.1) is 0 Å². The van der Waals surface area contributed by atoms with E-state index in [4.69, 9.17) is 9.97 Å². The Bertz CT molecular complexity index is 635. The van der Waals surface area contributed by atoms with Gasteiger partial charge < -0.3 is 9.80 Å². The van der Waals surface area contributed by atoms with E-state index >= 15 is 0 Å². The highest BCUT2D eigenvalue weighted by Crippen LogP contribution is 2.32. The zero-order valence-corrected chi connectivity index (χ0v) is 17.3. The molecule has 1 aliphatic heterocycles. The lowest BCUT2D eigenvalue weighted by atomic mass is 9.90. The second-order valence-corrected chi connectivity index (χ2v) is 9.88. The van der Waals surface area contributed by atoms with Crippen LogP contribution in [-0.2, 0) is 15.6 Å². The quantitative estimate of drug-likeness (QED) is 0.812. The van der Waals surface area contributed by atoms with Crippen molar-refractivity contribution >= 4 is 11.7 Å². The lowest BCUT2D eigenvalue weighted by molar-refractivity contribution is -0.132. The zero-order valence-electron chi connectivity index (χ0n) is 17.3. The number of nitrogens with zero attached hydrogens (tertiary/aromatic N) is 4. The smallest absolute Gasteiger partial charge is 0.225 e. The van der Waals surface area contributed by atoms with Crippen LogP contribution in [0.25, 0.3) is 0 Å². The normalized spacial score (nSPS) is 19.5. The van der Waals surface area contributed by atoms with E-state index in [2.05, 4.69) is 57.4 Å². The number of hydrogen-bond donors (Lipinski definition) is 0. The van der Waals surface area contributed by atoms with Crippen LogP contribution in [-0.4, -0.2) is 47.0 Å². The minimum absolute atomic E-state index is 0.0164. The predicted octanol–water partition coefficient (Wildman–Crippen LogP) is 3.52. The van der Waals surface area contributed by atoms with Crippen LogP contribution in [0.2, 0.25) is 0 Å². The zero-order chi connectivity index (χ0) is 19.1. The molecule has 1 aromatic rings. The molecule has 1 amide bonds. The molecule has 1 saturated heterocycles. The number of rotatable bonds is 2.